The average Bonchev–Trinajstić information content (AvgIpc) is 3.13. The van der Waals surface area contributed by atoms with Gasteiger partial charge in [0.15, 0.2) is 5.76 Å². The number of furan rings is 1. The molecule has 1 unspecified atom stereocenters. The minimum absolute atomic E-state index is 0.0589. The van der Waals surface area contributed by atoms with Gasteiger partial charge in [0.1, 0.15) is 11.4 Å². The van der Waals surface area contributed by atoms with Crippen LogP contribution < -0.4 is 10.1 Å². The van der Waals surface area contributed by atoms with E-state index in [-0.39, 0.29) is 29.4 Å². The lowest BCUT2D eigenvalue weighted by Crippen LogP contribution is -2.52. The highest BCUT2D eigenvalue weighted by Crippen LogP contribution is 2.46. The fraction of sp³-hybridized carbons (Fsp3) is 0.500. The summed E-state index contributed by atoms with van der Waals surface area (Å²) in [6.07, 6.45) is 4.29. The number of ether oxygens (including phenoxy) is 1. The normalized spacial score (nSPS) is 20.0. The summed E-state index contributed by atoms with van der Waals surface area (Å²) in [7, 11) is 0. The van der Waals surface area contributed by atoms with Gasteiger partial charge in [-0.25, -0.2) is 0 Å². The third-order valence-corrected chi connectivity index (χ3v) is 6.20. The highest BCUT2D eigenvalue weighted by Gasteiger charge is 2.44. The van der Waals surface area contributed by atoms with Crippen LogP contribution in [0.5, 0.6) is 5.75 Å². The molecule has 2 aliphatic rings. The third-order valence-electron chi connectivity index (χ3n) is 6.20. The SMILES string of the molecule is Cc1ccoc1C(=O)N1CCC2(CC1)CC(CC(=O)NC(C)C)c1ccccc1O2. The number of piperidine rings is 1. The summed E-state index contributed by atoms with van der Waals surface area (Å²) in [6.45, 7) is 7.07. The first kappa shape index (κ1) is 20.5. The molecule has 3 heterocycles. The van der Waals surface area contributed by atoms with Crippen LogP contribution in [-0.4, -0.2) is 41.4 Å². The summed E-state index contributed by atoms with van der Waals surface area (Å²) in [5.74, 6) is 1.42. The number of carbonyl (C=O) groups excluding carboxylic acids is 2. The zero-order valence-corrected chi connectivity index (χ0v) is 17.9. The monoisotopic (exact) mass is 410 g/mol. The second-order valence-electron chi connectivity index (χ2n) is 8.88. The number of nitrogens with one attached hydrogen (secondary N) is 1. The van der Waals surface area contributed by atoms with Crippen molar-refractivity contribution in [1.82, 2.24) is 10.2 Å². The lowest BCUT2D eigenvalue weighted by molar-refractivity contribution is -0.122. The summed E-state index contributed by atoms with van der Waals surface area (Å²) in [6, 6.07) is 9.97. The van der Waals surface area contributed by atoms with Gasteiger partial charge < -0.3 is 19.4 Å². The molecule has 160 valence electrons. The first-order valence-electron chi connectivity index (χ1n) is 10.8. The largest absolute Gasteiger partial charge is 0.487 e. The molecule has 2 aromatic rings. The summed E-state index contributed by atoms with van der Waals surface area (Å²) in [4.78, 5) is 27.1. The highest BCUT2D eigenvalue weighted by molar-refractivity contribution is 5.92. The van der Waals surface area contributed by atoms with Crippen molar-refractivity contribution in [3.8, 4) is 5.75 Å². The third kappa shape index (κ3) is 4.09. The molecule has 1 fully saturated rings. The van der Waals surface area contributed by atoms with Crippen molar-refractivity contribution < 1.29 is 18.7 Å². The van der Waals surface area contributed by atoms with Crippen molar-refractivity contribution in [2.75, 3.05) is 13.1 Å². The Kier molecular flexibility index (Phi) is 5.58. The number of fused-ring (bicyclic) bond motifs is 1. The fourth-order valence-corrected chi connectivity index (χ4v) is 4.69. The van der Waals surface area contributed by atoms with E-state index in [1.54, 1.807) is 6.26 Å². The lowest BCUT2D eigenvalue weighted by atomic mass is 9.76. The van der Waals surface area contributed by atoms with Crippen molar-refractivity contribution >= 4 is 11.8 Å². The van der Waals surface area contributed by atoms with Crippen molar-refractivity contribution in [1.29, 1.82) is 0 Å². The van der Waals surface area contributed by atoms with E-state index >= 15 is 0 Å². The van der Waals surface area contributed by atoms with Crippen LogP contribution in [0.1, 0.15) is 67.1 Å². The molecule has 1 N–H and O–H groups in total. The molecule has 0 radical (unpaired) electrons. The molecular formula is C24H30N2O4. The van der Waals surface area contributed by atoms with Gasteiger partial charge in [0.05, 0.1) is 6.26 Å². The van der Waals surface area contributed by atoms with Crippen LogP contribution in [0.15, 0.2) is 41.0 Å². The molecule has 2 aliphatic heterocycles. The van der Waals surface area contributed by atoms with E-state index in [1.165, 1.54) is 0 Å². The quantitative estimate of drug-likeness (QED) is 0.826. The molecule has 1 spiro atoms. The second kappa shape index (κ2) is 8.17. The standard InChI is InChI=1S/C24H30N2O4/c1-16(2)25-21(27)14-18-15-24(30-20-7-5-4-6-19(18)20)9-11-26(12-10-24)23(28)22-17(3)8-13-29-22/h4-8,13,16,18H,9-12,14-15H2,1-3H3,(H,25,27). The van der Waals surface area contributed by atoms with Gasteiger partial charge in [0.25, 0.3) is 5.91 Å². The van der Waals surface area contributed by atoms with E-state index in [2.05, 4.69) is 11.4 Å². The van der Waals surface area contributed by atoms with Gasteiger partial charge in [-0.3, -0.25) is 9.59 Å². The van der Waals surface area contributed by atoms with Crippen molar-refractivity contribution in [2.24, 2.45) is 0 Å². The molecule has 30 heavy (non-hydrogen) atoms. The van der Waals surface area contributed by atoms with E-state index in [1.807, 2.05) is 49.9 Å². The maximum absolute atomic E-state index is 12.8. The maximum Gasteiger partial charge on any atom is 0.289 e. The van der Waals surface area contributed by atoms with E-state index in [9.17, 15) is 9.59 Å². The zero-order valence-electron chi connectivity index (χ0n) is 17.9. The van der Waals surface area contributed by atoms with Crippen LogP contribution in [0.3, 0.4) is 0 Å². The topological polar surface area (TPSA) is 71.8 Å². The summed E-state index contributed by atoms with van der Waals surface area (Å²) in [5, 5.41) is 3.01. The molecule has 1 aromatic heterocycles. The van der Waals surface area contributed by atoms with Crippen molar-refractivity contribution in [3.63, 3.8) is 0 Å². The van der Waals surface area contributed by atoms with Crippen LogP contribution in [0.4, 0.5) is 0 Å². The predicted octanol–water partition coefficient (Wildman–Crippen LogP) is 4.04. The molecule has 4 rings (SSSR count). The number of benzene rings is 1. The zero-order chi connectivity index (χ0) is 21.3. The van der Waals surface area contributed by atoms with Gasteiger partial charge in [0.2, 0.25) is 5.91 Å². The summed E-state index contributed by atoms with van der Waals surface area (Å²) < 4.78 is 11.9. The number of nitrogens with zero attached hydrogens (tertiary/aromatic N) is 1. The molecule has 0 aliphatic carbocycles. The van der Waals surface area contributed by atoms with E-state index in [4.69, 9.17) is 9.15 Å². The van der Waals surface area contributed by atoms with Gasteiger partial charge >= 0.3 is 0 Å². The molecule has 1 aromatic carbocycles. The van der Waals surface area contributed by atoms with E-state index in [0.29, 0.717) is 25.3 Å². The van der Waals surface area contributed by atoms with Gasteiger partial charge in [-0.2, -0.15) is 0 Å². The van der Waals surface area contributed by atoms with Gasteiger partial charge in [-0.15, -0.1) is 0 Å². The Morgan fingerprint density at radius 3 is 2.60 bits per heavy atom. The van der Waals surface area contributed by atoms with Gasteiger partial charge in [0, 0.05) is 49.9 Å². The number of hydrogen-bond acceptors (Lipinski definition) is 4. The molecule has 0 bridgehead atoms. The van der Waals surface area contributed by atoms with Gasteiger partial charge in [-0.1, -0.05) is 18.2 Å². The van der Waals surface area contributed by atoms with Crippen LogP contribution >= 0.6 is 0 Å². The van der Waals surface area contributed by atoms with Crippen molar-refractivity contribution in [2.45, 2.75) is 64.0 Å². The molecule has 2 amide bonds. The predicted molar refractivity (Wildman–Crippen MR) is 114 cm³/mol. The number of likely N-dealkylation sites (tertiary alicyclic amines) is 1. The Bertz CT molecular complexity index is 925. The maximum atomic E-state index is 12.8. The van der Waals surface area contributed by atoms with E-state index < -0.39 is 0 Å². The Hall–Kier alpha value is -2.76. The van der Waals surface area contributed by atoms with Gasteiger partial charge in [-0.05, 0) is 44.9 Å². The summed E-state index contributed by atoms with van der Waals surface area (Å²) >= 11 is 0. The smallest absolute Gasteiger partial charge is 0.289 e. The summed E-state index contributed by atoms with van der Waals surface area (Å²) in [5.41, 5.74) is 1.62. The number of aryl methyl sites for hydroxylation is 1. The number of para-hydroxylation sites is 1. The van der Waals surface area contributed by atoms with Crippen LogP contribution in [-0.2, 0) is 4.79 Å². The van der Waals surface area contributed by atoms with Crippen LogP contribution in [0, 0.1) is 6.92 Å². The number of rotatable bonds is 4. The molecule has 6 nitrogen and oxygen atoms in total. The Balaban J connectivity index is 1.49. The molecule has 6 heteroatoms. The first-order valence-corrected chi connectivity index (χ1v) is 10.8. The minimum Gasteiger partial charge on any atom is -0.487 e. The number of hydrogen-bond donors (Lipinski definition) is 1. The minimum atomic E-state index is -0.341. The number of amides is 2. The van der Waals surface area contributed by atoms with Crippen molar-refractivity contribution in [3.05, 3.63) is 53.5 Å². The molecular weight excluding hydrogens is 380 g/mol. The molecule has 1 saturated heterocycles. The van der Waals surface area contributed by atoms with E-state index in [0.717, 1.165) is 36.1 Å². The molecule has 0 saturated carbocycles. The highest BCUT2D eigenvalue weighted by atomic mass is 16.5. The average molecular weight is 411 g/mol. The first-order chi connectivity index (χ1) is 14.4. The Morgan fingerprint density at radius 2 is 1.93 bits per heavy atom. The van der Waals surface area contributed by atoms with Crippen LogP contribution in [0.25, 0.3) is 0 Å². The lowest BCUT2D eigenvalue weighted by Gasteiger charge is -2.46. The van der Waals surface area contributed by atoms with Crippen LogP contribution in [0.2, 0.25) is 0 Å². The number of carbonyl (C=O) groups is 2. The Labute approximate surface area is 177 Å². The second-order valence-corrected chi connectivity index (χ2v) is 8.88. The fourth-order valence-electron chi connectivity index (χ4n) is 4.69. The Morgan fingerprint density at radius 1 is 1.20 bits per heavy atom. The molecule has 1 atom stereocenters.